The maximum absolute atomic E-state index is 4.37. The first-order chi connectivity index (χ1) is 5.21. The molecule has 0 saturated heterocycles. The van der Waals surface area contributed by atoms with Crippen molar-refractivity contribution in [2.45, 2.75) is 52.6 Å². The molecule has 0 amide bonds. The Labute approximate surface area is 76.5 Å². The predicted molar refractivity (Wildman–Crippen MR) is 56.0 cm³/mol. The van der Waals surface area contributed by atoms with Crippen LogP contribution in [-0.4, -0.2) is 23.8 Å². The molecule has 2 heteroatoms. The molecule has 0 bridgehead atoms. The van der Waals surface area contributed by atoms with Crippen molar-refractivity contribution < 1.29 is 0 Å². The summed E-state index contributed by atoms with van der Waals surface area (Å²) in [6.07, 6.45) is 1.95. The second-order valence-corrected chi connectivity index (χ2v) is 5.11. The van der Waals surface area contributed by atoms with Crippen molar-refractivity contribution in [3.05, 3.63) is 0 Å². The van der Waals surface area contributed by atoms with Gasteiger partial charge >= 0.3 is 0 Å². The van der Waals surface area contributed by atoms with Crippen molar-refractivity contribution in [2.75, 3.05) is 6.54 Å². The van der Waals surface area contributed by atoms with Crippen molar-refractivity contribution in [1.29, 1.82) is 0 Å². The number of nitrogens with one attached hydrogen (secondary N) is 1. The van der Waals surface area contributed by atoms with Crippen LogP contribution in [0.1, 0.15) is 41.5 Å². The lowest BCUT2D eigenvalue weighted by molar-refractivity contribution is 0.455. The van der Waals surface area contributed by atoms with E-state index in [1.165, 1.54) is 0 Å². The lowest BCUT2D eigenvalue weighted by Crippen LogP contribution is -2.37. The topological polar surface area (TPSA) is 24.4 Å². The van der Waals surface area contributed by atoms with Crippen molar-refractivity contribution in [3.8, 4) is 0 Å². The van der Waals surface area contributed by atoms with Gasteiger partial charge in [0.25, 0.3) is 0 Å². The summed E-state index contributed by atoms with van der Waals surface area (Å²) in [7, 11) is 0. The Morgan fingerprint density at radius 1 is 1.08 bits per heavy atom. The third-order valence-corrected chi connectivity index (χ3v) is 1.20. The van der Waals surface area contributed by atoms with E-state index in [9.17, 15) is 0 Å². The molecule has 0 aliphatic rings. The molecule has 0 aromatic heterocycles. The van der Waals surface area contributed by atoms with Gasteiger partial charge in [-0.1, -0.05) is 0 Å². The molecule has 0 aromatic rings. The van der Waals surface area contributed by atoms with Gasteiger partial charge < -0.3 is 5.32 Å². The quantitative estimate of drug-likeness (QED) is 0.631. The molecule has 0 aliphatic carbocycles. The van der Waals surface area contributed by atoms with E-state index in [1.54, 1.807) is 0 Å². The van der Waals surface area contributed by atoms with Crippen LogP contribution in [0.4, 0.5) is 0 Å². The highest BCUT2D eigenvalue weighted by Gasteiger charge is 2.07. The van der Waals surface area contributed by atoms with Crippen LogP contribution in [0.25, 0.3) is 0 Å². The van der Waals surface area contributed by atoms with Gasteiger partial charge in [-0.05, 0) is 41.5 Å². The van der Waals surface area contributed by atoms with E-state index in [0.717, 1.165) is 6.54 Å². The van der Waals surface area contributed by atoms with Gasteiger partial charge in [0.2, 0.25) is 0 Å². The molecular formula is C10H22N2. The molecule has 72 valence electrons. The molecule has 0 saturated carbocycles. The van der Waals surface area contributed by atoms with Crippen LogP contribution in [0.15, 0.2) is 4.99 Å². The summed E-state index contributed by atoms with van der Waals surface area (Å²) in [6.45, 7) is 13.6. The zero-order chi connectivity index (χ0) is 9.83. The van der Waals surface area contributed by atoms with Crippen LogP contribution >= 0.6 is 0 Å². The average Bonchev–Trinajstić information content (AvgIpc) is 1.76. The van der Waals surface area contributed by atoms with E-state index in [2.05, 4.69) is 51.9 Å². The van der Waals surface area contributed by atoms with Crippen LogP contribution in [0.2, 0.25) is 0 Å². The molecular weight excluding hydrogens is 148 g/mol. The SMILES string of the molecule is CC(C)(C)/N=C\CNC(C)(C)C. The van der Waals surface area contributed by atoms with Gasteiger partial charge in [0.15, 0.2) is 0 Å². The van der Waals surface area contributed by atoms with Gasteiger partial charge in [0.1, 0.15) is 0 Å². The summed E-state index contributed by atoms with van der Waals surface area (Å²) < 4.78 is 0. The minimum absolute atomic E-state index is 0.0551. The summed E-state index contributed by atoms with van der Waals surface area (Å²) in [4.78, 5) is 4.37. The first-order valence-corrected chi connectivity index (χ1v) is 4.49. The minimum Gasteiger partial charge on any atom is -0.307 e. The minimum atomic E-state index is 0.0551. The molecule has 0 aromatic carbocycles. The molecule has 1 N–H and O–H groups in total. The Morgan fingerprint density at radius 2 is 1.58 bits per heavy atom. The molecule has 12 heavy (non-hydrogen) atoms. The van der Waals surface area contributed by atoms with Crippen molar-refractivity contribution in [1.82, 2.24) is 5.32 Å². The molecule has 0 fully saturated rings. The second-order valence-electron chi connectivity index (χ2n) is 5.11. The zero-order valence-corrected chi connectivity index (χ0v) is 9.23. The first-order valence-electron chi connectivity index (χ1n) is 4.49. The van der Waals surface area contributed by atoms with Crippen molar-refractivity contribution >= 4 is 6.21 Å². The molecule has 0 radical (unpaired) electrons. The summed E-state index contributed by atoms with van der Waals surface area (Å²) in [5.74, 6) is 0. The van der Waals surface area contributed by atoms with Crippen LogP contribution < -0.4 is 5.32 Å². The molecule has 0 spiro atoms. The highest BCUT2D eigenvalue weighted by molar-refractivity contribution is 5.60. The van der Waals surface area contributed by atoms with Gasteiger partial charge in [-0.3, -0.25) is 4.99 Å². The van der Waals surface area contributed by atoms with Crippen LogP contribution in [-0.2, 0) is 0 Å². The summed E-state index contributed by atoms with van der Waals surface area (Å²) in [5.41, 5.74) is 0.240. The fourth-order valence-electron chi connectivity index (χ4n) is 0.671. The van der Waals surface area contributed by atoms with E-state index in [0.29, 0.717) is 0 Å². The third kappa shape index (κ3) is 9.63. The average molecular weight is 170 g/mol. The van der Waals surface area contributed by atoms with Crippen LogP contribution in [0, 0.1) is 0 Å². The fraction of sp³-hybridized carbons (Fsp3) is 0.900. The molecule has 0 rings (SSSR count). The first kappa shape index (κ1) is 11.6. The van der Waals surface area contributed by atoms with Crippen molar-refractivity contribution in [3.63, 3.8) is 0 Å². The number of rotatable bonds is 2. The molecule has 0 atom stereocenters. The standard InChI is InChI=1S/C10H22N2/c1-9(2,3)11-7-8-12-10(4,5)6/h7,12H,8H2,1-6H3/b11-7-. The van der Waals surface area contributed by atoms with Gasteiger partial charge in [0, 0.05) is 18.3 Å². The molecule has 0 heterocycles. The monoisotopic (exact) mass is 170 g/mol. The number of aliphatic imine (C=N–C) groups is 1. The highest BCUT2D eigenvalue weighted by atomic mass is 15.0. The van der Waals surface area contributed by atoms with Gasteiger partial charge in [-0.2, -0.15) is 0 Å². The fourth-order valence-corrected chi connectivity index (χ4v) is 0.671. The van der Waals surface area contributed by atoms with E-state index in [1.807, 2.05) is 6.21 Å². The normalized spacial score (nSPS) is 14.2. The Kier molecular flexibility index (Phi) is 3.91. The number of nitrogens with zero attached hydrogens (tertiary/aromatic N) is 1. The second kappa shape index (κ2) is 4.04. The maximum Gasteiger partial charge on any atom is 0.0520 e. The van der Waals surface area contributed by atoms with Gasteiger partial charge in [-0.15, -0.1) is 0 Å². The molecule has 0 aliphatic heterocycles. The van der Waals surface area contributed by atoms with E-state index >= 15 is 0 Å². The third-order valence-electron chi connectivity index (χ3n) is 1.20. The molecule has 2 nitrogen and oxygen atoms in total. The zero-order valence-electron chi connectivity index (χ0n) is 9.23. The van der Waals surface area contributed by atoms with Crippen LogP contribution in [0.3, 0.4) is 0 Å². The summed E-state index contributed by atoms with van der Waals surface area (Å²) in [6, 6.07) is 0. The largest absolute Gasteiger partial charge is 0.307 e. The summed E-state index contributed by atoms with van der Waals surface area (Å²) in [5, 5.41) is 3.35. The van der Waals surface area contributed by atoms with E-state index in [-0.39, 0.29) is 11.1 Å². The predicted octanol–water partition coefficient (Wildman–Crippen LogP) is 2.24. The number of hydrogen-bond donors (Lipinski definition) is 1. The van der Waals surface area contributed by atoms with Crippen LogP contribution in [0.5, 0.6) is 0 Å². The Hall–Kier alpha value is -0.370. The number of hydrogen-bond acceptors (Lipinski definition) is 2. The Balaban J connectivity index is 3.64. The lowest BCUT2D eigenvalue weighted by Gasteiger charge is -2.19. The molecule has 0 unspecified atom stereocenters. The van der Waals surface area contributed by atoms with E-state index in [4.69, 9.17) is 0 Å². The van der Waals surface area contributed by atoms with Gasteiger partial charge in [0.05, 0.1) is 5.54 Å². The summed E-state index contributed by atoms with van der Waals surface area (Å²) >= 11 is 0. The Morgan fingerprint density at radius 3 is 1.92 bits per heavy atom. The smallest absolute Gasteiger partial charge is 0.0520 e. The van der Waals surface area contributed by atoms with E-state index < -0.39 is 0 Å². The Bertz CT molecular complexity index is 146. The lowest BCUT2D eigenvalue weighted by atomic mass is 10.1. The van der Waals surface area contributed by atoms with Crippen molar-refractivity contribution in [2.24, 2.45) is 4.99 Å². The highest BCUT2D eigenvalue weighted by Crippen LogP contribution is 2.04. The maximum atomic E-state index is 4.37. The van der Waals surface area contributed by atoms with Gasteiger partial charge in [-0.25, -0.2) is 0 Å².